The topological polar surface area (TPSA) is 44.9 Å². The lowest BCUT2D eigenvalue weighted by molar-refractivity contribution is 0.457. The molecule has 5 heteroatoms. The summed E-state index contributed by atoms with van der Waals surface area (Å²) in [6, 6.07) is 2.24. The van der Waals surface area contributed by atoms with Gasteiger partial charge >= 0.3 is 0 Å². The Kier molecular flexibility index (Phi) is 3.67. The second-order valence-corrected chi connectivity index (χ2v) is 6.81. The van der Waals surface area contributed by atoms with Gasteiger partial charge in [0.25, 0.3) is 5.56 Å². The highest BCUT2D eigenvalue weighted by atomic mass is 35.5. The van der Waals surface area contributed by atoms with Gasteiger partial charge in [-0.2, -0.15) is 0 Å². The van der Waals surface area contributed by atoms with Crippen LogP contribution in [0.25, 0.3) is 0 Å². The summed E-state index contributed by atoms with van der Waals surface area (Å²) in [5.41, 5.74) is 2.64. The fourth-order valence-corrected chi connectivity index (χ4v) is 4.67. The van der Waals surface area contributed by atoms with Gasteiger partial charge < -0.3 is 10.3 Å². The second-order valence-electron chi connectivity index (χ2n) is 5.78. The van der Waals surface area contributed by atoms with Crippen LogP contribution in [0.4, 0.5) is 0 Å². The van der Waals surface area contributed by atoms with Crippen molar-refractivity contribution in [3.8, 4) is 0 Å². The molecule has 104 valence electrons. The minimum Gasteiger partial charge on any atom is -0.317 e. The van der Waals surface area contributed by atoms with Crippen LogP contribution < -0.4 is 10.9 Å². The molecule has 2 N–H and O–H groups in total. The largest absolute Gasteiger partial charge is 0.317 e. The summed E-state index contributed by atoms with van der Waals surface area (Å²) in [4.78, 5) is 15.4. The number of hydrogen-bond donors (Lipinski definition) is 2. The summed E-state index contributed by atoms with van der Waals surface area (Å²) < 4.78 is 0. The summed E-state index contributed by atoms with van der Waals surface area (Å²) in [6.45, 7) is 2.09. The fraction of sp³-hybridized carbons (Fsp3) is 0.643. The van der Waals surface area contributed by atoms with Crippen molar-refractivity contribution >= 4 is 24.2 Å². The van der Waals surface area contributed by atoms with Crippen molar-refractivity contribution < 1.29 is 0 Å². The third-order valence-corrected chi connectivity index (χ3v) is 5.83. The van der Waals surface area contributed by atoms with Crippen molar-refractivity contribution in [1.82, 2.24) is 10.3 Å². The molecular weight excluding hydrogens is 280 g/mol. The van der Waals surface area contributed by atoms with Crippen LogP contribution >= 0.6 is 24.2 Å². The smallest absolute Gasteiger partial charge is 0.252 e. The number of thioether (sulfide) groups is 1. The van der Waals surface area contributed by atoms with Gasteiger partial charge in [-0.3, -0.25) is 4.79 Å². The van der Waals surface area contributed by atoms with Gasteiger partial charge in [0.2, 0.25) is 0 Å². The molecule has 1 aromatic rings. The Labute approximate surface area is 123 Å². The zero-order valence-corrected chi connectivity index (χ0v) is 12.4. The number of hydrogen-bond acceptors (Lipinski definition) is 3. The molecule has 2 fully saturated rings. The fourth-order valence-electron chi connectivity index (χ4n) is 3.38. The molecule has 2 atom stereocenters. The first-order valence-electron chi connectivity index (χ1n) is 6.93. The maximum atomic E-state index is 12.2. The number of rotatable bonds is 1. The van der Waals surface area contributed by atoms with Gasteiger partial charge in [-0.1, -0.05) is 0 Å². The van der Waals surface area contributed by atoms with E-state index in [9.17, 15) is 4.79 Å². The second kappa shape index (κ2) is 5.15. The summed E-state index contributed by atoms with van der Waals surface area (Å²) in [5, 5.41) is 4.52. The summed E-state index contributed by atoms with van der Waals surface area (Å²) in [7, 11) is 0. The van der Waals surface area contributed by atoms with Crippen molar-refractivity contribution in [3.63, 3.8) is 0 Å². The van der Waals surface area contributed by atoms with Crippen molar-refractivity contribution in [2.45, 2.75) is 36.1 Å². The van der Waals surface area contributed by atoms with E-state index in [1.54, 1.807) is 0 Å². The Hall–Kier alpha value is -0.450. The average Bonchev–Trinajstić information content (AvgIpc) is 3.18. The normalized spacial score (nSPS) is 29.1. The molecule has 0 amide bonds. The number of H-pyrrole nitrogens is 1. The molecule has 19 heavy (non-hydrogen) atoms. The molecule has 3 aliphatic rings. The van der Waals surface area contributed by atoms with Crippen molar-refractivity contribution in [2.24, 2.45) is 5.92 Å². The van der Waals surface area contributed by atoms with Crippen LogP contribution in [-0.4, -0.2) is 23.8 Å². The molecule has 0 radical (unpaired) electrons. The molecule has 1 aliphatic carbocycles. The number of halogens is 1. The summed E-state index contributed by atoms with van der Waals surface area (Å²) in [6.07, 6.45) is 3.53. The molecule has 0 bridgehead atoms. The predicted molar refractivity (Wildman–Crippen MR) is 80.7 cm³/mol. The molecule has 1 saturated heterocycles. The number of aromatic amines is 1. The standard InChI is InChI=1S/C14H18N2OS.ClH/c17-13-11(8-1-3-15-4-2-8)6-12-10-5-9(10)7-18-14(12)16-13;/h6,8-10,15H,1-5,7H2,(H,16,17);1H. The van der Waals surface area contributed by atoms with Gasteiger partial charge in [0, 0.05) is 11.3 Å². The van der Waals surface area contributed by atoms with E-state index in [0.29, 0.717) is 5.92 Å². The van der Waals surface area contributed by atoms with Crippen LogP contribution in [0.1, 0.15) is 42.2 Å². The van der Waals surface area contributed by atoms with E-state index in [-0.39, 0.29) is 18.0 Å². The molecule has 3 heterocycles. The number of fused-ring (bicyclic) bond motifs is 3. The number of pyridine rings is 1. The van der Waals surface area contributed by atoms with Crippen LogP contribution in [0.5, 0.6) is 0 Å². The average molecular weight is 299 g/mol. The summed E-state index contributed by atoms with van der Waals surface area (Å²) >= 11 is 1.84. The third-order valence-electron chi connectivity index (χ3n) is 4.61. The van der Waals surface area contributed by atoms with E-state index in [0.717, 1.165) is 48.4 Å². The Morgan fingerprint density at radius 2 is 2.00 bits per heavy atom. The number of piperidine rings is 1. The van der Waals surface area contributed by atoms with Crippen LogP contribution in [0.15, 0.2) is 15.9 Å². The van der Waals surface area contributed by atoms with E-state index in [4.69, 9.17) is 0 Å². The predicted octanol–water partition coefficient (Wildman–Crippen LogP) is 2.47. The van der Waals surface area contributed by atoms with E-state index in [1.807, 2.05) is 11.8 Å². The highest BCUT2D eigenvalue weighted by molar-refractivity contribution is 7.99. The Morgan fingerprint density at radius 3 is 2.79 bits per heavy atom. The monoisotopic (exact) mass is 298 g/mol. The van der Waals surface area contributed by atoms with Gasteiger partial charge in [-0.15, -0.1) is 24.2 Å². The molecule has 1 aromatic heterocycles. The lowest BCUT2D eigenvalue weighted by Crippen LogP contribution is -2.30. The van der Waals surface area contributed by atoms with Crippen LogP contribution in [-0.2, 0) is 0 Å². The molecule has 4 rings (SSSR count). The van der Waals surface area contributed by atoms with Crippen LogP contribution in [0, 0.1) is 5.92 Å². The minimum absolute atomic E-state index is 0. The van der Waals surface area contributed by atoms with Gasteiger partial charge in [0.05, 0.1) is 5.03 Å². The Balaban J connectivity index is 0.00000110. The first-order chi connectivity index (χ1) is 8.83. The van der Waals surface area contributed by atoms with Crippen LogP contribution in [0.3, 0.4) is 0 Å². The first kappa shape index (κ1) is 13.5. The zero-order chi connectivity index (χ0) is 12.1. The highest BCUT2D eigenvalue weighted by Crippen LogP contribution is 2.55. The van der Waals surface area contributed by atoms with Gasteiger partial charge in [0.15, 0.2) is 0 Å². The molecule has 0 aromatic carbocycles. The lowest BCUT2D eigenvalue weighted by Gasteiger charge is -2.24. The number of aromatic nitrogens is 1. The Bertz CT molecular complexity index is 539. The van der Waals surface area contributed by atoms with Crippen molar-refractivity contribution in [2.75, 3.05) is 18.8 Å². The molecule has 3 nitrogen and oxygen atoms in total. The lowest BCUT2D eigenvalue weighted by atomic mass is 9.90. The minimum atomic E-state index is 0. The van der Waals surface area contributed by atoms with E-state index in [2.05, 4.69) is 16.4 Å². The maximum Gasteiger partial charge on any atom is 0.252 e. The summed E-state index contributed by atoms with van der Waals surface area (Å²) in [5.74, 6) is 3.29. The molecule has 1 saturated carbocycles. The first-order valence-corrected chi connectivity index (χ1v) is 7.92. The third kappa shape index (κ3) is 2.34. The number of nitrogens with one attached hydrogen (secondary N) is 2. The van der Waals surface area contributed by atoms with Crippen LogP contribution in [0.2, 0.25) is 0 Å². The van der Waals surface area contributed by atoms with Crippen molar-refractivity contribution in [3.05, 3.63) is 27.5 Å². The maximum absolute atomic E-state index is 12.2. The van der Waals surface area contributed by atoms with Gasteiger partial charge in [0.1, 0.15) is 0 Å². The zero-order valence-electron chi connectivity index (χ0n) is 10.8. The van der Waals surface area contributed by atoms with E-state index < -0.39 is 0 Å². The molecule has 2 unspecified atom stereocenters. The highest BCUT2D eigenvalue weighted by Gasteiger charge is 2.43. The Morgan fingerprint density at radius 1 is 1.21 bits per heavy atom. The SMILES string of the molecule is Cl.O=c1[nH]c2c(cc1C1CCNCC1)C1CC1CS2. The van der Waals surface area contributed by atoms with E-state index in [1.165, 1.54) is 17.7 Å². The molecular formula is C14H19ClN2OS. The quantitative estimate of drug-likeness (QED) is 0.837. The van der Waals surface area contributed by atoms with E-state index >= 15 is 0 Å². The molecule has 0 spiro atoms. The van der Waals surface area contributed by atoms with Gasteiger partial charge in [-0.05, 0) is 61.7 Å². The molecule has 2 aliphatic heterocycles. The van der Waals surface area contributed by atoms with Crippen molar-refractivity contribution in [1.29, 1.82) is 0 Å². The van der Waals surface area contributed by atoms with Gasteiger partial charge in [-0.25, -0.2) is 0 Å².